The number of amides is 1. The average molecular weight is 565 g/mol. The van der Waals surface area contributed by atoms with Crippen LogP contribution in [0, 0.1) is 11.3 Å². The van der Waals surface area contributed by atoms with Gasteiger partial charge in [-0.15, -0.1) is 0 Å². The van der Waals surface area contributed by atoms with Crippen LogP contribution in [0.3, 0.4) is 0 Å². The summed E-state index contributed by atoms with van der Waals surface area (Å²) in [4.78, 5) is 37.5. The molecule has 214 valence electrons. The smallest absolute Gasteiger partial charge is 0.328 e. The predicted molar refractivity (Wildman–Crippen MR) is 142 cm³/mol. The van der Waals surface area contributed by atoms with E-state index in [9.17, 15) is 22.8 Å². The third kappa shape index (κ3) is 11.0. The highest BCUT2D eigenvalue weighted by Gasteiger charge is 2.29. The maximum absolute atomic E-state index is 12.5. The Balaban J connectivity index is 0.000000580. The highest BCUT2D eigenvalue weighted by molar-refractivity contribution is 7.89. The van der Waals surface area contributed by atoms with Crippen LogP contribution in [-0.4, -0.2) is 83.6 Å². The van der Waals surface area contributed by atoms with Gasteiger partial charge in [0.2, 0.25) is 15.9 Å². The Kier molecular flexibility index (Phi) is 11.8. The van der Waals surface area contributed by atoms with Crippen molar-refractivity contribution in [3.63, 3.8) is 0 Å². The fourth-order valence-corrected chi connectivity index (χ4v) is 5.36. The van der Waals surface area contributed by atoms with Gasteiger partial charge in [0.15, 0.2) is 0 Å². The van der Waals surface area contributed by atoms with Crippen LogP contribution in [0.1, 0.15) is 52.4 Å². The summed E-state index contributed by atoms with van der Waals surface area (Å²) >= 11 is 0. The van der Waals surface area contributed by atoms with Gasteiger partial charge in [0, 0.05) is 43.0 Å². The van der Waals surface area contributed by atoms with Gasteiger partial charge in [-0.3, -0.25) is 4.79 Å². The van der Waals surface area contributed by atoms with E-state index < -0.39 is 27.5 Å². The van der Waals surface area contributed by atoms with Gasteiger partial charge in [0.05, 0.1) is 12.6 Å². The van der Waals surface area contributed by atoms with Crippen LogP contribution >= 0.6 is 0 Å². The molecule has 3 rings (SSSR count). The first-order chi connectivity index (χ1) is 18.3. The highest BCUT2D eigenvalue weighted by Crippen LogP contribution is 2.21. The van der Waals surface area contributed by atoms with Crippen LogP contribution in [0.2, 0.25) is 0 Å². The molecule has 2 heterocycles. The van der Waals surface area contributed by atoms with Gasteiger partial charge in [-0.1, -0.05) is 12.8 Å². The molecule has 1 aliphatic heterocycles. The first kappa shape index (κ1) is 31.7. The van der Waals surface area contributed by atoms with Crippen LogP contribution in [0.4, 0.5) is 5.82 Å². The molecule has 1 atom stereocenters. The highest BCUT2D eigenvalue weighted by atomic mass is 32.2. The zero-order chi connectivity index (χ0) is 29.1. The summed E-state index contributed by atoms with van der Waals surface area (Å²) in [5.74, 6) is -2.02. The number of aromatic nitrogens is 1. The number of likely N-dealkylation sites (tertiary alicyclic amines) is 1. The van der Waals surface area contributed by atoms with E-state index in [1.54, 1.807) is 17.0 Å². The molecule has 0 aromatic carbocycles. The summed E-state index contributed by atoms with van der Waals surface area (Å²) in [6.07, 6.45) is 7.95. The minimum absolute atomic E-state index is 0.0152. The van der Waals surface area contributed by atoms with Crippen molar-refractivity contribution >= 4 is 33.7 Å². The van der Waals surface area contributed by atoms with Crippen molar-refractivity contribution < 1.29 is 33.0 Å². The van der Waals surface area contributed by atoms with Gasteiger partial charge in [-0.05, 0) is 51.7 Å². The van der Waals surface area contributed by atoms with E-state index in [1.165, 1.54) is 6.20 Å². The van der Waals surface area contributed by atoms with Gasteiger partial charge < -0.3 is 25.7 Å². The number of nitriles is 1. The molecule has 1 saturated heterocycles. The van der Waals surface area contributed by atoms with E-state index in [0.29, 0.717) is 31.1 Å². The summed E-state index contributed by atoms with van der Waals surface area (Å²) < 4.78 is 27.7. The molecule has 2 fully saturated rings. The number of carboxylic acids is 2. The predicted octanol–water partition coefficient (Wildman–Crippen LogP) is 1.31. The topological polar surface area (TPSA) is 202 Å². The largest absolute Gasteiger partial charge is 0.478 e. The van der Waals surface area contributed by atoms with Crippen LogP contribution in [0.15, 0.2) is 35.4 Å². The number of aliphatic carboxylic acids is 2. The fraction of sp³-hybridized carbons (Fsp3) is 0.560. The molecule has 1 amide bonds. The number of pyridine rings is 1. The maximum Gasteiger partial charge on any atom is 0.328 e. The normalized spacial score (nSPS) is 17.9. The maximum atomic E-state index is 12.5. The number of nitrogens with zero attached hydrogens (tertiary/aromatic N) is 3. The standard InChI is InChI=1S/C21H32N6O3S.C4H4O4/c1-21(2,25-14-20(28)27-11-5-8-17(27)12-22)15-24-19-10-9-18(13-23-19)31(29,30)26-16-6-3-4-7-16;5-3(6)1-2-4(7)8/h9-10,13,16-17,25-26H,3-8,11,14-15H2,1-2H3,(H,23,24);1-2H,(H,5,6)(H,7,8)/b;2-1+/t17-;/m0./s1. The molecule has 1 aromatic rings. The number of carbonyl (C=O) groups is 3. The second kappa shape index (κ2) is 14.6. The second-order valence-corrected chi connectivity index (χ2v) is 11.7. The monoisotopic (exact) mass is 564 g/mol. The van der Waals surface area contributed by atoms with E-state index in [-0.39, 0.29) is 29.4 Å². The molecule has 0 bridgehead atoms. The Morgan fingerprint density at radius 2 is 1.77 bits per heavy atom. The van der Waals surface area contributed by atoms with Crippen molar-refractivity contribution in [3.05, 3.63) is 30.5 Å². The Bertz CT molecular complexity index is 1160. The molecule has 39 heavy (non-hydrogen) atoms. The lowest BCUT2D eigenvalue weighted by Crippen LogP contribution is -2.50. The van der Waals surface area contributed by atoms with E-state index in [1.807, 2.05) is 13.8 Å². The van der Waals surface area contributed by atoms with Gasteiger partial charge >= 0.3 is 11.9 Å². The number of carboxylic acid groups (broad SMARTS) is 2. The molecule has 5 N–H and O–H groups in total. The van der Waals surface area contributed by atoms with Crippen LogP contribution in [0.25, 0.3) is 0 Å². The van der Waals surface area contributed by atoms with Crippen LogP contribution in [-0.2, 0) is 24.4 Å². The lowest BCUT2D eigenvalue weighted by atomic mass is 10.1. The molecule has 1 aliphatic carbocycles. The number of carbonyl (C=O) groups excluding carboxylic acids is 1. The van der Waals surface area contributed by atoms with E-state index >= 15 is 0 Å². The Morgan fingerprint density at radius 1 is 1.13 bits per heavy atom. The Hall–Kier alpha value is -3.54. The number of nitrogens with one attached hydrogen (secondary N) is 3. The molecule has 0 unspecified atom stereocenters. The SMILES string of the molecule is CC(C)(CNc1ccc(S(=O)(=O)NC2CCCC2)cn1)NCC(=O)N1CCC[C@H]1C#N.O=C(O)/C=C/C(=O)O. The minimum atomic E-state index is -3.55. The fourth-order valence-electron chi connectivity index (χ4n) is 4.11. The van der Waals surface area contributed by atoms with Gasteiger partial charge in [0.25, 0.3) is 0 Å². The molecule has 1 aromatic heterocycles. The molecule has 0 spiro atoms. The van der Waals surface area contributed by atoms with E-state index in [0.717, 1.165) is 38.5 Å². The minimum Gasteiger partial charge on any atom is -0.478 e. The van der Waals surface area contributed by atoms with E-state index in [4.69, 9.17) is 15.5 Å². The van der Waals surface area contributed by atoms with Crippen LogP contribution in [0.5, 0.6) is 0 Å². The van der Waals surface area contributed by atoms with Crippen molar-refractivity contribution in [3.8, 4) is 6.07 Å². The van der Waals surface area contributed by atoms with Crippen molar-refractivity contribution in [2.45, 2.75) is 74.9 Å². The Labute approximate surface area is 228 Å². The summed E-state index contributed by atoms with van der Waals surface area (Å²) in [6.45, 7) is 5.20. The first-order valence-corrected chi connectivity index (χ1v) is 14.1. The summed E-state index contributed by atoms with van der Waals surface area (Å²) in [7, 11) is -3.55. The lowest BCUT2D eigenvalue weighted by molar-refractivity contribution is -0.134. The average Bonchev–Trinajstić information content (AvgIpc) is 3.57. The molecule has 2 aliphatic rings. The van der Waals surface area contributed by atoms with E-state index in [2.05, 4.69) is 26.4 Å². The third-order valence-electron chi connectivity index (χ3n) is 6.24. The van der Waals surface area contributed by atoms with Gasteiger partial charge in [-0.25, -0.2) is 27.7 Å². The number of sulfonamides is 1. The molecular formula is C25H36N6O7S. The van der Waals surface area contributed by atoms with Crippen molar-refractivity contribution in [1.29, 1.82) is 5.26 Å². The molecule has 13 nitrogen and oxygen atoms in total. The van der Waals surface area contributed by atoms with Crippen LogP contribution < -0.4 is 15.4 Å². The zero-order valence-electron chi connectivity index (χ0n) is 22.1. The van der Waals surface area contributed by atoms with Gasteiger partial charge in [0.1, 0.15) is 16.8 Å². The van der Waals surface area contributed by atoms with Gasteiger partial charge in [-0.2, -0.15) is 5.26 Å². The third-order valence-corrected chi connectivity index (χ3v) is 7.75. The van der Waals surface area contributed by atoms with Crippen molar-refractivity contribution in [2.24, 2.45) is 0 Å². The molecule has 14 heteroatoms. The second-order valence-electron chi connectivity index (χ2n) is 9.96. The first-order valence-electron chi connectivity index (χ1n) is 12.6. The molecule has 1 saturated carbocycles. The van der Waals surface area contributed by atoms with Crippen molar-refractivity contribution in [2.75, 3.05) is 25.0 Å². The summed E-state index contributed by atoms with van der Waals surface area (Å²) in [6, 6.07) is 5.07. The quantitative estimate of drug-likeness (QED) is 0.243. The zero-order valence-corrected chi connectivity index (χ0v) is 22.9. The van der Waals surface area contributed by atoms with Crippen molar-refractivity contribution in [1.82, 2.24) is 19.9 Å². The number of rotatable bonds is 11. The summed E-state index contributed by atoms with van der Waals surface area (Å²) in [5, 5.41) is 31.2. The lowest BCUT2D eigenvalue weighted by Gasteiger charge is -2.28. The number of anilines is 1. The Morgan fingerprint density at radius 3 is 2.31 bits per heavy atom. The number of hydrogen-bond acceptors (Lipinski definition) is 9. The molecule has 0 radical (unpaired) electrons. The number of hydrogen-bond donors (Lipinski definition) is 5. The summed E-state index contributed by atoms with van der Waals surface area (Å²) in [5.41, 5.74) is -0.409. The molecular weight excluding hydrogens is 528 g/mol.